The van der Waals surface area contributed by atoms with Crippen LogP contribution in [0.3, 0.4) is 0 Å². The van der Waals surface area contributed by atoms with Crippen LogP contribution in [0.15, 0.2) is 18.2 Å². The van der Waals surface area contributed by atoms with Crippen LogP contribution >= 0.6 is 23.2 Å². The molecule has 0 saturated carbocycles. The van der Waals surface area contributed by atoms with Gasteiger partial charge < -0.3 is 19.5 Å². The van der Waals surface area contributed by atoms with Crippen molar-refractivity contribution in [3.63, 3.8) is 0 Å². The van der Waals surface area contributed by atoms with Gasteiger partial charge in [0.05, 0.1) is 19.8 Å². The lowest BCUT2D eigenvalue weighted by molar-refractivity contribution is -0.147. The summed E-state index contributed by atoms with van der Waals surface area (Å²) in [4.78, 5) is 12.4. The van der Waals surface area contributed by atoms with E-state index in [9.17, 15) is 4.79 Å². The first kappa shape index (κ1) is 18.0. The molecule has 5 nitrogen and oxygen atoms in total. The first-order valence-electron chi connectivity index (χ1n) is 8.11. The summed E-state index contributed by atoms with van der Waals surface area (Å²) in [5, 5.41) is 4.23. The molecule has 3 rings (SSSR count). The molecule has 0 spiro atoms. The SMILES string of the molecule is O=C(NCC1(c2ccc(Cl)cc2Cl)CCOCC1)[C@H]1COCCO1. The smallest absolute Gasteiger partial charge is 0.251 e. The first-order valence-corrected chi connectivity index (χ1v) is 8.87. The lowest BCUT2D eigenvalue weighted by Gasteiger charge is -2.39. The van der Waals surface area contributed by atoms with Gasteiger partial charge in [-0.2, -0.15) is 0 Å². The van der Waals surface area contributed by atoms with Crippen molar-refractivity contribution in [3.05, 3.63) is 33.8 Å². The summed E-state index contributed by atoms with van der Waals surface area (Å²) in [5.41, 5.74) is 0.739. The Morgan fingerprint density at radius 2 is 1.96 bits per heavy atom. The number of nitrogens with one attached hydrogen (secondary N) is 1. The van der Waals surface area contributed by atoms with Gasteiger partial charge in [-0.05, 0) is 30.5 Å². The number of ether oxygens (including phenoxy) is 3. The molecule has 2 aliphatic heterocycles. The number of carbonyl (C=O) groups is 1. The summed E-state index contributed by atoms with van der Waals surface area (Å²) < 4.78 is 16.3. The maximum Gasteiger partial charge on any atom is 0.251 e. The lowest BCUT2D eigenvalue weighted by Crippen LogP contribution is -2.49. The number of rotatable bonds is 4. The van der Waals surface area contributed by atoms with Gasteiger partial charge in [-0.3, -0.25) is 4.79 Å². The predicted octanol–water partition coefficient (Wildman–Crippen LogP) is 2.57. The molecule has 0 unspecified atom stereocenters. The van der Waals surface area contributed by atoms with Gasteiger partial charge in [0, 0.05) is 35.2 Å². The zero-order chi connectivity index (χ0) is 17.0. The summed E-state index contributed by atoms with van der Waals surface area (Å²) in [6.07, 6.45) is 1.03. The van der Waals surface area contributed by atoms with Gasteiger partial charge in [0.1, 0.15) is 0 Å². The van der Waals surface area contributed by atoms with Crippen LogP contribution in [0.2, 0.25) is 10.0 Å². The molecule has 1 atom stereocenters. The highest BCUT2D eigenvalue weighted by molar-refractivity contribution is 6.35. The molecule has 0 aromatic heterocycles. The minimum absolute atomic E-state index is 0.148. The molecular weight excluding hydrogens is 353 g/mol. The topological polar surface area (TPSA) is 56.8 Å². The fraction of sp³-hybridized carbons (Fsp3) is 0.588. The average molecular weight is 374 g/mol. The molecule has 2 heterocycles. The van der Waals surface area contributed by atoms with Crippen molar-refractivity contribution in [2.24, 2.45) is 0 Å². The molecule has 1 N–H and O–H groups in total. The molecule has 2 aliphatic rings. The van der Waals surface area contributed by atoms with Crippen LogP contribution in [0, 0.1) is 0 Å². The maximum atomic E-state index is 12.4. The molecule has 132 valence electrons. The van der Waals surface area contributed by atoms with Gasteiger partial charge in [-0.15, -0.1) is 0 Å². The van der Waals surface area contributed by atoms with Crippen molar-refractivity contribution < 1.29 is 19.0 Å². The highest BCUT2D eigenvalue weighted by atomic mass is 35.5. The third-order valence-electron chi connectivity index (χ3n) is 4.66. The largest absolute Gasteiger partial charge is 0.381 e. The quantitative estimate of drug-likeness (QED) is 0.880. The van der Waals surface area contributed by atoms with E-state index >= 15 is 0 Å². The van der Waals surface area contributed by atoms with Gasteiger partial charge >= 0.3 is 0 Å². The van der Waals surface area contributed by atoms with Crippen LogP contribution in [0.4, 0.5) is 0 Å². The summed E-state index contributed by atoms with van der Waals surface area (Å²) >= 11 is 12.5. The fourth-order valence-electron chi connectivity index (χ4n) is 3.23. The molecule has 7 heteroatoms. The third-order valence-corrected chi connectivity index (χ3v) is 5.21. The van der Waals surface area contributed by atoms with E-state index in [1.54, 1.807) is 6.07 Å². The standard InChI is InChI=1S/C17H21Cl2NO4/c18-12-1-2-13(14(19)9-12)17(3-5-22-6-4-17)11-20-16(21)15-10-23-7-8-24-15/h1-2,9,15H,3-8,10-11H2,(H,20,21)/t15-/m1/s1. The minimum atomic E-state index is -0.545. The van der Waals surface area contributed by atoms with Gasteiger partial charge in [0.15, 0.2) is 6.10 Å². The minimum Gasteiger partial charge on any atom is -0.381 e. The van der Waals surface area contributed by atoms with E-state index in [4.69, 9.17) is 37.4 Å². The van der Waals surface area contributed by atoms with Crippen molar-refractivity contribution in [2.75, 3.05) is 39.6 Å². The summed E-state index contributed by atoms with van der Waals surface area (Å²) in [5.74, 6) is -0.148. The highest BCUT2D eigenvalue weighted by Gasteiger charge is 2.37. The summed E-state index contributed by atoms with van der Waals surface area (Å²) in [7, 11) is 0. The van der Waals surface area contributed by atoms with Crippen molar-refractivity contribution >= 4 is 29.1 Å². The van der Waals surface area contributed by atoms with Crippen molar-refractivity contribution in [1.29, 1.82) is 0 Å². The van der Waals surface area contributed by atoms with E-state index in [0.717, 1.165) is 18.4 Å². The van der Waals surface area contributed by atoms with Gasteiger partial charge in [-0.1, -0.05) is 29.3 Å². The van der Waals surface area contributed by atoms with Gasteiger partial charge in [-0.25, -0.2) is 0 Å². The van der Waals surface area contributed by atoms with Crippen LogP contribution in [-0.2, 0) is 24.4 Å². The zero-order valence-corrected chi connectivity index (χ0v) is 14.9. The van der Waals surface area contributed by atoms with Crippen LogP contribution in [0.25, 0.3) is 0 Å². The number of amides is 1. The molecule has 0 bridgehead atoms. The first-order chi connectivity index (χ1) is 11.6. The molecule has 2 fully saturated rings. The molecule has 0 aliphatic carbocycles. The second-order valence-electron chi connectivity index (χ2n) is 6.17. The van der Waals surface area contributed by atoms with Crippen molar-refractivity contribution in [1.82, 2.24) is 5.32 Å². The van der Waals surface area contributed by atoms with E-state index in [1.807, 2.05) is 12.1 Å². The number of hydrogen-bond acceptors (Lipinski definition) is 4. The Balaban J connectivity index is 1.74. The van der Waals surface area contributed by atoms with Crippen LogP contribution in [-0.4, -0.2) is 51.6 Å². The average Bonchev–Trinajstić information content (AvgIpc) is 2.61. The lowest BCUT2D eigenvalue weighted by atomic mass is 9.74. The number of carbonyl (C=O) groups excluding carboxylic acids is 1. The zero-order valence-electron chi connectivity index (χ0n) is 13.4. The van der Waals surface area contributed by atoms with Crippen molar-refractivity contribution in [3.8, 4) is 0 Å². The van der Waals surface area contributed by atoms with Crippen molar-refractivity contribution in [2.45, 2.75) is 24.4 Å². The Hall–Kier alpha value is -0.850. The van der Waals surface area contributed by atoms with Crippen LogP contribution < -0.4 is 5.32 Å². The predicted molar refractivity (Wildman–Crippen MR) is 91.8 cm³/mol. The monoisotopic (exact) mass is 373 g/mol. The van der Waals surface area contributed by atoms with Gasteiger partial charge in [0.25, 0.3) is 5.91 Å². The van der Waals surface area contributed by atoms with E-state index in [-0.39, 0.29) is 11.3 Å². The highest BCUT2D eigenvalue weighted by Crippen LogP contribution is 2.39. The molecular formula is C17H21Cl2NO4. The van der Waals surface area contributed by atoms with E-state index < -0.39 is 6.10 Å². The van der Waals surface area contributed by atoms with E-state index in [0.29, 0.717) is 49.6 Å². The second kappa shape index (κ2) is 8.02. The fourth-order valence-corrected chi connectivity index (χ4v) is 3.84. The Morgan fingerprint density at radius 3 is 2.62 bits per heavy atom. The Kier molecular flexibility index (Phi) is 6.00. The summed E-state index contributed by atoms with van der Waals surface area (Å²) in [6.45, 7) is 3.03. The molecule has 24 heavy (non-hydrogen) atoms. The van der Waals surface area contributed by atoms with E-state index in [2.05, 4.69) is 5.32 Å². The maximum absolute atomic E-state index is 12.4. The Labute approximate surface area is 151 Å². The van der Waals surface area contributed by atoms with Gasteiger partial charge in [0.2, 0.25) is 0 Å². The molecule has 1 amide bonds. The number of halogens is 2. The Morgan fingerprint density at radius 1 is 1.17 bits per heavy atom. The Bertz CT molecular complexity index is 584. The van der Waals surface area contributed by atoms with Crippen LogP contribution in [0.5, 0.6) is 0 Å². The summed E-state index contributed by atoms with van der Waals surface area (Å²) in [6, 6.07) is 5.53. The molecule has 0 radical (unpaired) electrons. The number of hydrogen-bond donors (Lipinski definition) is 1. The second-order valence-corrected chi connectivity index (χ2v) is 7.01. The van der Waals surface area contributed by atoms with E-state index in [1.165, 1.54) is 0 Å². The molecule has 1 aromatic rings. The third kappa shape index (κ3) is 4.03. The number of benzene rings is 1. The molecule has 1 aromatic carbocycles. The molecule has 2 saturated heterocycles. The normalized spacial score (nSPS) is 23.7. The van der Waals surface area contributed by atoms with Crippen LogP contribution in [0.1, 0.15) is 18.4 Å².